The third kappa shape index (κ3) is 25.9. The van der Waals surface area contributed by atoms with E-state index in [9.17, 15) is 39.3 Å². The van der Waals surface area contributed by atoms with Gasteiger partial charge < -0.3 is 83.7 Å². The van der Waals surface area contributed by atoms with Crippen molar-refractivity contribution in [3.63, 3.8) is 0 Å². The quantitative estimate of drug-likeness (QED) is 0.0161. The second kappa shape index (κ2) is 48.6. The van der Waals surface area contributed by atoms with Gasteiger partial charge in [0, 0.05) is 73.3 Å². The first-order chi connectivity index (χ1) is 67.4. The van der Waals surface area contributed by atoms with Crippen molar-refractivity contribution in [2.24, 2.45) is 0 Å². The molecule has 16 rings (SSSR count). The number of carbonyl (C=O) groups is 5. The Kier molecular flexibility index (Phi) is 35.0. The van der Waals surface area contributed by atoms with E-state index in [0.29, 0.717) is 143 Å². The highest BCUT2D eigenvalue weighted by atomic mass is 16.5. The lowest BCUT2D eigenvalue weighted by atomic mass is 10.1. The van der Waals surface area contributed by atoms with Crippen LogP contribution in [0.15, 0.2) is 299 Å². The maximum atomic E-state index is 11.2. The fourth-order valence-electron chi connectivity index (χ4n) is 14.6. The fourth-order valence-corrected chi connectivity index (χ4v) is 14.6. The zero-order valence-corrected chi connectivity index (χ0v) is 77.5. The number of anilines is 10. The van der Waals surface area contributed by atoms with Gasteiger partial charge in [-0.05, 0) is 232 Å². The van der Waals surface area contributed by atoms with Crippen LogP contribution in [0.4, 0.5) is 57.5 Å². The molecule has 139 heavy (non-hydrogen) atoms. The Balaban J connectivity index is 0.000000156. The van der Waals surface area contributed by atoms with Crippen molar-refractivity contribution in [2.75, 3.05) is 40.8 Å². The maximum absolute atomic E-state index is 11.2. The average molecular weight is 1870 g/mol. The van der Waals surface area contributed by atoms with E-state index in [2.05, 4.69) is 111 Å². The van der Waals surface area contributed by atoms with E-state index >= 15 is 0 Å². The average Bonchev–Trinajstić information content (AvgIpc) is 1.78. The summed E-state index contributed by atoms with van der Waals surface area (Å²) in [7, 11) is 2.98. The minimum atomic E-state index is -1.02. The molecule has 6 aromatic carbocycles. The number of aliphatic carboxylic acids is 1. The molecule has 32 heteroatoms. The standard InChI is InChI=1S/C24H21N3O3.2C21H21N3O4.C21H21N3O3.C20H19N3O3/c1-3-6-19-20(4-2)26-23(21-7-5-12-30-21)27-22(19)25-18-11-10-15-13-17(24(28)29)9-8-16(15)14-18;1-4-7-14-15(5-2)22-20(17-8-6-11-28-17)24-19(14)23-16-10-9-13(21(25)26)12-18(16)27-3;1-4-6-15-16(5-2)22-19(14-9-10-28-12-14)24-20(15)23-17-8-7-13(21(25)26)11-18(17)27-3;1-3-6-16-17(4-2)23-21(18-7-5-12-27-18)24-20(16)22-15-10-8-14(9-11-15)13-19(25)26;1-3-6-15-16(4-2)22-19(17-7-5-12-26-17)23-18(15)21-14-10-8-13(9-11-14)20(24)25/h3,5,7-14H,1,4,6H2,2H3,(H,28,29)(H,25,26,27);4,6,8-12H,1,5,7H2,2-3H3,(H,25,26)(H,22,23,24);4,7-12H,1,5-6H2,2-3H3,(H,25,26)(H,22,23,24);3,5,7-12H,1,4,6,13H2,2H3,(H,25,26)(H,22,23,24);3,5,7-12H,1,4,6H2,2H3,(H,24,25)(H,21,22,23). The molecule has 0 saturated carbocycles. The number of carboxylic acids is 5. The molecule has 16 aromatic rings. The number of rotatable bonds is 38. The molecular formula is C107H103N15O17. The summed E-state index contributed by atoms with van der Waals surface area (Å²) in [6, 6.07) is 50.2. The van der Waals surface area contributed by atoms with Crippen LogP contribution in [0.1, 0.15) is 138 Å². The van der Waals surface area contributed by atoms with E-state index in [1.54, 1.807) is 147 Å². The normalized spacial score (nSPS) is 10.6. The molecule has 0 atom stereocenters. The van der Waals surface area contributed by atoms with Crippen LogP contribution < -0.4 is 36.1 Å². The Hall–Kier alpha value is -18.0. The van der Waals surface area contributed by atoms with Crippen molar-refractivity contribution in [2.45, 2.75) is 105 Å². The molecule has 0 bridgehead atoms. The van der Waals surface area contributed by atoms with E-state index < -0.39 is 29.8 Å². The molecule has 0 aliphatic rings. The van der Waals surface area contributed by atoms with Crippen LogP contribution >= 0.6 is 0 Å². The van der Waals surface area contributed by atoms with E-state index in [1.165, 1.54) is 38.5 Å². The van der Waals surface area contributed by atoms with Crippen LogP contribution in [0.5, 0.6) is 11.5 Å². The summed E-state index contributed by atoms with van der Waals surface area (Å²) < 4.78 is 37.7. The van der Waals surface area contributed by atoms with Gasteiger partial charge in [0.25, 0.3) is 0 Å². The van der Waals surface area contributed by atoms with Crippen molar-refractivity contribution < 1.29 is 81.1 Å². The van der Waals surface area contributed by atoms with Gasteiger partial charge in [-0.15, -0.1) is 32.9 Å². The number of aromatic nitrogens is 10. The predicted molar refractivity (Wildman–Crippen MR) is 533 cm³/mol. The summed E-state index contributed by atoms with van der Waals surface area (Å²) in [5, 5.41) is 63.8. The molecule has 0 aliphatic heterocycles. The number of aryl methyl sites for hydroxylation is 5. The number of benzene rings is 6. The summed E-state index contributed by atoms with van der Waals surface area (Å²) in [5.41, 5.74) is 15.2. The highest BCUT2D eigenvalue weighted by molar-refractivity contribution is 5.96. The third-order valence-electron chi connectivity index (χ3n) is 21.3. The smallest absolute Gasteiger partial charge is 0.335 e. The van der Waals surface area contributed by atoms with Crippen LogP contribution in [-0.2, 0) is 75.4 Å². The molecule has 10 N–H and O–H groups in total. The maximum Gasteiger partial charge on any atom is 0.335 e. The second-order valence-corrected chi connectivity index (χ2v) is 30.6. The summed E-state index contributed by atoms with van der Waals surface area (Å²) in [6.07, 6.45) is 25.3. The summed E-state index contributed by atoms with van der Waals surface area (Å²) >= 11 is 0. The van der Waals surface area contributed by atoms with Crippen LogP contribution in [0.2, 0.25) is 0 Å². The number of fused-ring (bicyclic) bond motifs is 1. The molecule has 0 spiro atoms. The van der Waals surface area contributed by atoms with Gasteiger partial charge in [0.15, 0.2) is 52.2 Å². The number of allylic oxidation sites excluding steroid dienone is 5. The molecule has 0 amide bonds. The number of hydrogen-bond acceptors (Lipinski definition) is 27. The Morgan fingerprint density at radius 1 is 0.331 bits per heavy atom. The Morgan fingerprint density at radius 3 is 0.950 bits per heavy atom. The Bertz CT molecular complexity index is 6840. The molecule has 10 aromatic heterocycles. The Morgan fingerprint density at radius 2 is 0.633 bits per heavy atom. The molecule has 10 heterocycles. The van der Waals surface area contributed by atoms with Crippen LogP contribution in [-0.4, -0.2) is 119 Å². The van der Waals surface area contributed by atoms with Gasteiger partial charge in [-0.25, -0.2) is 69.0 Å². The molecule has 708 valence electrons. The number of nitrogens with zero attached hydrogens (tertiary/aromatic N) is 10. The lowest BCUT2D eigenvalue weighted by molar-refractivity contribution is -0.136. The highest BCUT2D eigenvalue weighted by Crippen LogP contribution is 2.38. The number of furan rings is 5. The third-order valence-corrected chi connectivity index (χ3v) is 21.3. The number of methoxy groups -OCH3 is 2. The summed E-state index contributed by atoms with van der Waals surface area (Å²) in [6.45, 7) is 29.4. The first kappa shape index (κ1) is 100. The van der Waals surface area contributed by atoms with Gasteiger partial charge in [0.05, 0.1) is 91.1 Å². The van der Waals surface area contributed by atoms with E-state index in [-0.39, 0.29) is 28.7 Å². The summed E-state index contributed by atoms with van der Waals surface area (Å²) in [4.78, 5) is 102. The highest BCUT2D eigenvalue weighted by Gasteiger charge is 2.25. The largest absolute Gasteiger partial charge is 0.495 e. The zero-order valence-electron chi connectivity index (χ0n) is 77.5. The lowest BCUT2D eigenvalue weighted by Crippen LogP contribution is -2.08. The number of carboxylic acid groups (broad SMARTS) is 5. The molecule has 0 saturated heterocycles. The van der Waals surface area contributed by atoms with Crippen LogP contribution in [0, 0.1) is 0 Å². The van der Waals surface area contributed by atoms with Gasteiger partial charge in [0.1, 0.15) is 46.9 Å². The molecular weight excluding hydrogens is 1770 g/mol. The number of aromatic carboxylic acids is 4. The van der Waals surface area contributed by atoms with Crippen molar-refractivity contribution in [3.8, 4) is 69.2 Å². The van der Waals surface area contributed by atoms with Gasteiger partial charge in [0.2, 0.25) is 0 Å². The first-order valence-corrected chi connectivity index (χ1v) is 44.3. The first-order valence-electron chi connectivity index (χ1n) is 44.3. The van der Waals surface area contributed by atoms with Crippen molar-refractivity contribution in [1.82, 2.24) is 49.8 Å². The fraction of sp³-hybridized carbons (Fsp3) is 0.168. The predicted octanol–water partition coefficient (Wildman–Crippen LogP) is 23.4. The van der Waals surface area contributed by atoms with Crippen LogP contribution in [0.3, 0.4) is 0 Å². The topological polar surface area (TPSA) is 460 Å². The van der Waals surface area contributed by atoms with E-state index in [1.807, 2.05) is 101 Å². The van der Waals surface area contributed by atoms with Gasteiger partial charge in [-0.2, -0.15) is 0 Å². The van der Waals surface area contributed by atoms with Crippen LogP contribution in [0.25, 0.3) is 68.5 Å². The molecule has 0 radical (unpaired) electrons. The SMILES string of the molecule is C=CCc1c(CC)nc(-c2ccco2)nc1Nc1ccc(C(=O)O)cc1.C=CCc1c(CC)nc(-c2ccco2)nc1Nc1ccc(C(=O)O)cc1OC.C=CCc1c(CC)nc(-c2ccco2)nc1Nc1ccc(CC(=O)O)cc1.C=CCc1c(CC)nc(-c2ccco2)nc1Nc1ccc2cc(C(=O)O)ccc2c1.C=CCc1c(CC)nc(-c2ccoc2)nc1Nc1ccc(C(=O)O)cc1OC. The number of hydrogen-bond donors (Lipinski definition) is 10. The minimum Gasteiger partial charge on any atom is -0.495 e. The van der Waals surface area contributed by atoms with Gasteiger partial charge in [-0.1, -0.05) is 89.3 Å². The summed E-state index contributed by atoms with van der Waals surface area (Å²) in [5.74, 6) is 4.23. The molecule has 0 aliphatic carbocycles. The van der Waals surface area contributed by atoms with Gasteiger partial charge in [-0.3, -0.25) is 4.79 Å². The van der Waals surface area contributed by atoms with Crippen molar-refractivity contribution >= 4 is 98.1 Å². The number of nitrogens with one attached hydrogen (secondary N) is 5. The van der Waals surface area contributed by atoms with Crippen molar-refractivity contribution in [3.05, 3.63) is 361 Å². The lowest BCUT2D eigenvalue weighted by Gasteiger charge is -2.17. The minimum absolute atomic E-state index is 0.00186. The monoisotopic (exact) mass is 1870 g/mol. The zero-order chi connectivity index (χ0) is 99.0. The van der Waals surface area contributed by atoms with Gasteiger partial charge >= 0.3 is 29.8 Å². The molecule has 0 fully saturated rings. The molecule has 0 unspecified atom stereocenters. The van der Waals surface area contributed by atoms with E-state index in [0.717, 1.165) is 121 Å². The Labute approximate surface area is 800 Å². The second-order valence-electron chi connectivity index (χ2n) is 30.6. The number of ether oxygens (including phenoxy) is 2. The molecule has 32 nitrogen and oxygen atoms in total. The van der Waals surface area contributed by atoms with Crippen molar-refractivity contribution in [1.29, 1.82) is 0 Å². The van der Waals surface area contributed by atoms with E-state index in [4.69, 9.17) is 46.8 Å².